The van der Waals surface area contributed by atoms with E-state index in [0.717, 1.165) is 83.7 Å². The van der Waals surface area contributed by atoms with E-state index in [1.165, 1.54) is 0 Å². The SMILES string of the molecule is C.CC(C)N1CCN(C(=O)C2(c3ccccn3)CC2)CC1.COCC1(C(=O)N2CCN(C(C)C)CC2)CC1. The number of nitrogens with zero attached hydrogens (tertiary/aromatic N) is 5. The molecule has 2 aliphatic carbocycles. The number of rotatable bonds is 7. The Morgan fingerprint density at radius 3 is 1.68 bits per heavy atom. The molecule has 0 N–H and O–H groups in total. The van der Waals surface area contributed by atoms with Crippen LogP contribution in [-0.4, -0.2) is 115 Å². The number of ether oxygens (including phenoxy) is 1. The molecule has 8 nitrogen and oxygen atoms in total. The Hall–Kier alpha value is -2.03. The number of piperazine rings is 2. The Balaban J connectivity index is 0.000000208. The summed E-state index contributed by atoms with van der Waals surface area (Å²) in [5.74, 6) is 0.613. The van der Waals surface area contributed by atoms with Gasteiger partial charge in [-0.2, -0.15) is 0 Å². The van der Waals surface area contributed by atoms with Crippen LogP contribution in [0.3, 0.4) is 0 Å². The van der Waals surface area contributed by atoms with Crippen molar-refractivity contribution < 1.29 is 14.3 Å². The third-order valence-corrected chi connectivity index (χ3v) is 8.71. The predicted octanol–water partition coefficient (Wildman–Crippen LogP) is 3.27. The highest BCUT2D eigenvalue weighted by Gasteiger charge is 2.54. The van der Waals surface area contributed by atoms with E-state index in [1.54, 1.807) is 13.3 Å². The molecule has 38 heavy (non-hydrogen) atoms. The van der Waals surface area contributed by atoms with E-state index in [-0.39, 0.29) is 18.3 Å². The fraction of sp³-hybridized carbons (Fsp3) is 0.767. The van der Waals surface area contributed by atoms with Crippen molar-refractivity contribution in [2.45, 2.75) is 78.3 Å². The van der Waals surface area contributed by atoms with Gasteiger partial charge in [-0.05, 0) is 65.5 Å². The quantitative estimate of drug-likeness (QED) is 0.540. The molecule has 0 atom stereocenters. The number of methoxy groups -OCH3 is 1. The van der Waals surface area contributed by atoms with E-state index in [2.05, 4.69) is 42.5 Å². The lowest BCUT2D eigenvalue weighted by Crippen LogP contribution is -2.53. The first kappa shape index (κ1) is 30.5. The summed E-state index contributed by atoms with van der Waals surface area (Å²) in [7, 11) is 1.68. The number of hydrogen-bond acceptors (Lipinski definition) is 6. The van der Waals surface area contributed by atoms with Crippen LogP contribution >= 0.6 is 0 Å². The van der Waals surface area contributed by atoms with E-state index in [4.69, 9.17) is 4.74 Å². The average molecular weight is 530 g/mol. The molecule has 0 aromatic carbocycles. The molecule has 1 aromatic rings. The molecular weight excluding hydrogens is 478 g/mol. The monoisotopic (exact) mass is 529 g/mol. The molecule has 1 aromatic heterocycles. The van der Waals surface area contributed by atoms with Gasteiger partial charge in [0.1, 0.15) is 0 Å². The van der Waals surface area contributed by atoms with Crippen LogP contribution < -0.4 is 0 Å². The molecule has 214 valence electrons. The van der Waals surface area contributed by atoms with Crippen molar-refractivity contribution in [1.29, 1.82) is 0 Å². The highest BCUT2D eigenvalue weighted by atomic mass is 16.5. The minimum absolute atomic E-state index is 0. The molecule has 2 amide bonds. The average Bonchev–Trinajstić information content (AvgIpc) is 3.85. The third-order valence-electron chi connectivity index (χ3n) is 8.71. The molecule has 0 spiro atoms. The highest BCUT2D eigenvalue weighted by Crippen LogP contribution is 2.49. The summed E-state index contributed by atoms with van der Waals surface area (Å²) in [6.07, 6.45) is 5.70. The maximum atomic E-state index is 12.8. The van der Waals surface area contributed by atoms with Crippen molar-refractivity contribution in [1.82, 2.24) is 24.6 Å². The number of hydrogen-bond donors (Lipinski definition) is 0. The first-order valence-electron chi connectivity index (χ1n) is 14.2. The Morgan fingerprint density at radius 1 is 0.816 bits per heavy atom. The number of aromatic nitrogens is 1. The van der Waals surface area contributed by atoms with E-state index in [1.807, 2.05) is 28.0 Å². The molecule has 0 unspecified atom stereocenters. The van der Waals surface area contributed by atoms with E-state index >= 15 is 0 Å². The number of amides is 2. The molecule has 3 heterocycles. The van der Waals surface area contributed by atoms with Crippen molar-refractivity contribution in [3.8, 4) is 0 Å². The van der Waals surface area contributed by atoms with Gasteiger partial charge in [0.2, 0.25) is 11.8 Å². The van der Waals surface area contributed by atoms with E-state index in [0.29, 0.717) is 30.5 Å². The summed E-state index contributed by atoms with van der Waals surface area (Å²) in [4.78, 5) is 38.6. The van der Waals surface area contributed by atoms with Crippen LogP contribution in [0.1, 0.15) is 66.5 Å². The van der Waals surface area contributed by atoms with Gasteiger partial charge < -0.3 is 14.5 Å². The predicted molar refractivity (Wildman–Crippen MR) is 152 cm³/mol. The zero-order chi connectivity index (χ0) is 26.6. The van der Waals surface area contributed by atoms with Gasteiger partial charge in [0, 0.05) is 77.7 Å². The molecule has 0 radical (unpaired) electrons. The van der Waals surface area contributed by atoms with Crippen LogP contribution in [0.25, 0.3) is 0 Å². The van der Waals surface area contributed by atoms with Gasteiger partial charge in [0.15, 0.2) is 0 Å². The van der Waals surface area contributed by atoms with Crippen molar-refractivity contribution in [3.05, 3.63) is 30.1 Å². The minimum Gasteiger partial charge on any atom is -0.384 e. The Bertz CT molecular complexity index is 898. The van der Waals surface area contributed by atoms with Gasteiger partial charge in [0.05, 0.1) is 23.1 Å². The van der Waals surface area contributed by atoms with E-state index < -0.39 is 0 Å². The summed E-state index contributed by atoms with van der Waals surface area (Å²) in [5, 5.41) is 0. The molecule has 8 heteroatoms. The van der Waals surface area contributed by atoms with Crippen molar-refractivity contribution in [2.75, 3.05) is 66.1 Å². The zero-order valence-corrected chi connectivity index (χ0v) is 23.6. The van der Waals surface area contributed by atoms with Gasteiger partial charge in [-0.3, -0.25) is 24.4 Å². The molecule has 2 aliphatic heterocycles. The zero-order valence-electron chi connectivity index (χ0n) is 23.6. The largest absolute Gasteiger partial charge is 0.384 e. The van der Waals surface area contributed by atoms with Gasteiger partial charge >= 0.3 is 0 Å². The van der Waals surface area contributed by atoms with Crippen LogP contribution in [0, 0.1) is 5.41 Å². The summed E-state index contributed by atoms with van der Waals surface area (Å²) in [5.41, 5.74) is 0.493. The van der Waals surface area contributed by atoms with Crippen LogP contribution in [-0.2, 0) is 19.7 Å². The molecule has 4 aliphatic rings. The highest BCUT2D eigenvalue weighted by molar-refractivity contribution is 5.91. The Labute approximate surface area is 230 Å². The molecule has 2 saturated carbocycles. The van der Waals surface area contributed by atoms with Gasteiger partial charge in [-0.1, -0.05) is 13.5 Å². The maximum absolute atomic E-state index is 12.8. The Morgan fingerprint density at radius 2 is 1.32 bits per heavy atom. The number of pyridine rings is 1. The molecule has 4 fully saturated rings. The van der Waals surface area contributed by atoms with Crippen molar-refractivity contribution >= 4 is 11.8 Å². The van der Waals surface area contributed by atoms with Crippen LogP contribution in [0.15, 0.2) is 24.4 Å². The third kappa shape index (κ3) is 6.75. The van der Waals surface area contributed by atoms with Crippen LogP contribution in [0.4, 0.5) is 0 Å². The van der Waals surface area contributed by atoms with Crippen LogP contribution in [0.2, 0.25) is 0 Å². The fourth-order valence-electron chi connectivity index (χ4n) is 5.72. The second kappa shape index (κ2) is 12.9. The molecule has 0 bridgehead atoms. The smallest absolute Gasteiger partial charge is 0.234 e. The van der Waals surface area contributed by atoms with Crippen LogP contribution in [0.5, 0.6) is 0 Å². The van der Waals surface area contributed by atoms with E-state index in [9.17, 15) is 9.59 Å². The van der Waals surface area contributed by atoms with Gasteiger partial charge in [-0.25, -0.2) is 0 Å². The normalized spacial score (nSPS) is 22.4. The van der Waals surface area contributed by atoms with Crippen molar-refractivity contribution in [3.63, 3.8) is 0 Å². The minimum atomic E-state index is -0.304. The van der Waals surface area contributed by atoms with Gasteiger partial charge in [0.25, 0.3) is 0 Å². The summed E-state index contributed by atoms with van der Waals surface area (Å²) in [6, 6.07) is 7.03. The maximum Gasteiger partial charge on any atom is 0.234 e. The summed E-state index contributed by atoms with van der Waals surface area (Å²) in [6.45, 7) is 16.9. The van der Waals surface area contributed by atoms with Gasteiger partial charge in [-0.15, -0.1) is 0 Å². The Kier molecular flexibility index (Phi) is 10.3. The number of carbonyl (C=O) groups is 2. The topological polar surface area (TPSA) is 69.2 Å². The fourth-order valence-corrected chi connectivity index (χ4v) is 5.72. The lowest BCUT2D eigenvalue weighted by atomic mass is 9.99. The lowest BCUT2D eigenvalue weighted by Gasteiger charge is -2.38. The van der Waals surface area contributed by atoms with Crippen molar-refractivity contribution in [2.24, 2.45) is 5.41 Å². The summed E-state index contributed by atoms with van der Waals surface area (Å²) < 4.78 is 5.18. The molecule has 5 rings (SSSR count). The molecule has 2 saturated heterocycles. The second-order valence-corrected chi connectivity index (χ2v) is 11.9. The summed E-state index contributed by atoms with van der Waals surface area (Å²) >= 11 is 0. The first-order chi connectivity index (χ1) is 17.7. The first-order valence-corrected chi connectivity index (χ1v) is 14.2. The standard InChI is InChI=1S/C16H23N3O.C13H24N2O2.CH4/c1-13(2)18-9-11-19(12-10-18)15(20)16(6-7-16)14-5-3-4-8-17-14;1-11(2)14-6-8-15(9-7-14)12(16)13(4-5-13)10-17-3;/h3-5,8,13H,6-7,9-12H2,1-2H3;11H,4-10H2,1-3H3;1H4. The number of carbonyl (C=O) groups excluding carboxylic acids is 2. The second-order valence-electron chi connectivity index (χ2n) is 11.9. The molecular formula is C30H51N5O3. The lowest BCUT2D eigenvalue weighted by molar-refractivity contribution is -0.141.